The molecule has 0 aliphatic carbocycles. The van der Waals surface area contributed by atoms with Crippen molar-refractivity contribution in [2.75, 3.05) is 19.7 Å². The molecule has 0 radical (unpaired) electrons. The number of nitrogens with zero attached hydrogens (tertiary/aromatic N) is 2. The number of nitrogens with one attached hydrogen (secondary N) is 1. The zero-order valence-electron chi connectivity index (χ0n) is 9.40. The second-order valence-electron chi connectivity index (χ2n) is 3.93. The minimum Gasteiger partial charge on any atom is -0.380 e. The molecule has 2 rings (SSSR count). The first-order valence-electron chi connectivity index (χ1n) is 5.58. The molecule has 1 aromatic rings. The molecule has 90 valence electrons. The number of hydrogen-bond acceptors (Lipinski definition) is 6. The summed E-state index contributed by atoms with van der Waals surface area (Å²) in [6, 6.07) is 0. The van der Waals surface area contributed by atoms with Gasteiger partial charge in [-0.15, -0.1) is 0 Å². The minimum atomic E-state index is -0.970. The van der Waals surface area contributed by atoms with Gasteiger partial charge in [0.05, 0.1) is 0 Å². The Kier molecular flexibility index (Phi) is 3.52. The van der Waals surface area contributed by atoms with Crippen LogP contribution in [0.1, 0.15) is 31.5 Å². The van der Waals surface area contributed by atoms with E-state index in [0.29, 0.717) is 37.8 Å². The van der Waals surface area contributed by atoms with E-state index in [1.807, 2.05) is 6.92 Å². The molecule has 1 aliphatic heterocycles. The zero-order valence-corrected chi connectivity index (χ0v) is 9.40. The largest absolute Gasteiger partial charge is 0.380 e. The van der Waals surface area contributed by atoms with Crippen LogP contribution < -0.4 is 5.32 Å². The summed E-state index contributed by atoms with van der Waals surface area (Å²) >= 11 is 0. The molecular formula is C10H17N3O3. The highest BCUT2D eigenvalue weighted by atomic mass is 16.5. The van der Waals surface area contributed by atoms with Crippen LogP contribution in [0.2, 0.25) is 0 Å². The summed E-state index contributed by atoms with van der Waals surface area (Å²) < 4.78 is 10.3. The van der Waals surface area contributed by atoms with E-state index in [1.54, 1.807) is 0 Å². The van der Waals surface area contributed by atoms with Crippen LogP contribution in [0.4, 0.5) is 0 Å². The average molecular weight is 227 g/mol. The predicted molar refractivity (Wildman–Crippen MR) is 55.6 cm³/mol. The molecular weight excluding hydrogens is 210 g/mol. The lowest BCUT2D eigenvalue weighted by molar-refractivity contribution is -0.0228. The van der Waals surface area contributed by atoms with Crippen LogP contribution in [0.25, 0.3) is 0 Å². The van der Waals surface area contributed by atoms with Crippen molar-refractivity contribution in [1.29, 1.82) is 0 Å². The SMILES string of the molecule is CCOCc1noc(C2(O)CCNCC2)n1. The minimum absolute atomic E-state index is 0.309. The normalized spacial score (nSPS) is 19.9. The Hall–Kier alpha value is -0.980. The van der Waals surface area contributed by atoms with Crippen LogP contribution in [0.15, 0.2) is 4.52 Å². The molecule has 0 unspecified atom stereocenters. The fourth-order valence-electron chi connectivity index (χ4n) is 1.75. The summed E-state index contributed by atoms with van der Waals surface area (Å²) in [4.78, 5) is 4.16. The van der Waals surface area contributed by atoms with Crippen LogP contribution in [-0.2, 0) is 16.9 Å². The monoisotopic (exact) mass is 227 g/mol. The molecule has 0 amide bonds. The lowest BCUT2D eigenvalue weighted by atomic mass is 9.92. The van der Waals surface area contributed by atoms with E-state index in [1.165, 1.54) is 0 Å². The van der Waals surface area contributed by atoms with Gasteiger partial charge in [-0.05, 0) is 32.9 Å². The molecule has 0 aromatic carbocycles. The van der Waals surface area contributed by atoms with Crippen molar-refractivity contribution in [3.05, 3.63) is 11.7 Å². The summed E-state index contributed by atoms with van der Waals surface area (Å²) in [6.45, 7) is 4.37. The average Bonchev–Trinajstić information content (AvgIpc) is 2.77. The fourth-order valence-corrected chi connectivity index (χ4v) is 1.75. The molecule has 2 N–H and O–H groups in total. The van der Waals surface area contributed by atoms with Gasteiger partial charge in [-0.3, -0.25) is 0 Å². The Morgan fingerprint density at radius 1 is 1.50 bits per heavy atom. The van der Waals surface area contributed by atoms with Gasteiger partial charge >= 0.3 is 0 Å². The Bertz CT molecular complexity index is 334. The van der Waals surface area contributed by atoms with Gasteiger partial charge in [-0.25, -0.2) is 0 Å². The second kappa shape index (κ2) is 4.90. The highest BCUT2D eigenvalue weighted by Crippen LogP contribution is 2.28. The van der Waals surface area contributed by atoms with Crippen molar-refractivity contribution < 1.29 is 14.4 Å². The van der Waals surface area contributed by atoms with Gasteiger partial charge in [0.1, 0.15) is 12.2 Å². The van der Waals surface area contributed by atoms with Crippen LogP contribution in [0.5, 0.6) is 0 Å². The van der Waals surface area contributed by atoms with Crippen LogP contribution in [0.3, 0.4) is 0 Å². The van der Waals surface area contributed by atoms with E-state index < -0.39 is 5.60 Å². The highest BCUT2D eigenvalue weighted by Gasteiger charge is 2.36. The molecule has 1 saturated heterocycles. The summed E-state index contributed by atoms with van der Waals surface area (Å²) in [5, 5.41) is 17.3. The summed E-state index contributed by atoms with van der Waals surface area (Å²) in [5.74, 6) is 0.799. The van der Waals surface area contributed by atoms with Gasteiger partial charge in [0.25, 0.3) is 5.89 Å². The topological polar surface area (TPSA) is 80.4 Å². The number of hydrogen-bond donors (Lipinski definition) is 2. The lowest BCUT2D eigenvalue weighted by Gasteiger charge is -2.28. The molecule has 6 heteroatoms. The standard InChI is InChI=1S/C10H17N3O3/c1-2-15-7-8-12-9(16-13-8)10(14)3-5-11-6-4-10/h11,14H,2-7H2,1H3. The van der Waals surface area contributed by atoms with E-state index in [-0.39, 0.29) is 0 Å². The Morgan fingerprint density at radius 2 is 2.25 bits per heavy atom. The third-order valence-electron chi connectivity index (χ3n) is 2.73. The van der Waals surface area contributed by atoms with Crippen LogP contribution in [-0.4, -0.2) is 34.9 Å². The van der Waals surface area contributed by atoms with Crippen LogP contribution in [0, 0.1) is 0 Å². The lowest BCUT2D eigenvalue weighted by Crippen LogP contribution is -2.39. The molecule has 1 aromatic heterocycles. The molecule has 0 bridgehead atoms. The third-order valence-corrected chi connectivity index (χ3v) is 2.73. The molecule has 1 aliphatic rings. The summed E-state index contributed by atoms with van der Waals surface area (Å²) in [5.41, 5.74) is -0.970. The van der Waals surface area contributed by atoms with E-state index in [2.05, 4.69) is 15.5 Å². The van der Waals surface area contributed by atoms with Gasteiger partial charge < -0.3 is 19.7 Å². The van der Waals surface area contributed by atoms with Crippen molar-refractivity contribution >= 4 is 0 Å². The molecule has 0 atom stereocenters. The van der Waals surface area contributed by atoms with E-state index in [0.717, 1.165) is 13.1 Å². The number of rotatable bonds is 4. The molecule has 2 heterocycles. The third kappa shape index (κ3) is 2.40. The Morgan fingerprint density at radius 3 is 2.94 bits per heavy atom. The smallest absolute Gasteiger partial charge is 0.258 e. The summed E-state index contributed by atoms with van der Waals surface area (Å²) in [6.07, 6.45) is 1.20. The zero-order chi connectivity index (χ0) is 11.4. The molecule has 6 nitrogen and oxygen atoms in total. The van der Waals surface area contributed by atoms with Crippen molar-refractivity contribution in [3.8, 4) is 0 Å². The van der Waals surface area contributed by atoms with Gasteiger partial charge in [0.2, 0.25) is 0 Å². The number of aliphatic hydroxyl groups is 1. The van der Waals surface area contributed by atoms with E-state index in [4.69, 9.17) is 9.26 Å². The van der Waals surface area contributed by atoms with Crippen molar-refractivity contribution in [1.82, 2.24) is 15.5 Å². The maximum absolute atomic E-state index is 10.3. The molecule has 16 heavy (non-hydrogen) atoms. The predicted octanol–water partition coefficient (Wildman–Crippen LogP) is 0.177. The van der Waals surface area contributed by atoms with E-state index in [9.17, 15) is 5.11 Å². The number of aromatic nitrogens is 2. The first-order valence-corrected chi connectivity index (χ1v) is 5.58. The Labute approximate surface area is 94.0 Å². The van der Waals surface area contributed by atoms with Gasteiger partial charge in [-0.2, -0.15) is 4.98 Å². The second-order valence-corrected chi connectivity index (χ2v) is 3.93. The fraction of sp³-hybridized carbons (Fsp3) is 0.800. The van der Waals surface area contributed by atoms with Crippen LogP contribution >= 0.6 is 0 Å². The number of piperidine rings is 1. The highest BCUT2D eigenvalue weighted by molar-refractivity contribution is 5.00. The maximum Gasteiger partial charge on any atom is 0.258 e. The van der Waals surface area contributed by atoms with Crippen molar-refractivity contribution in [2.45, 2.75) is 32.0 Å². The molecule has 1 fully saturated rings. The van der Waals surface area contributed by atoms with Crippen molar-refractivity contribution in [2.24, 2.45) is 0 Å². The maximum atomic E-state index is 10.3. The quantitative estimate of drug-likeness (QED) is 0.763. The molecule has 0 saturated carbocycles. The first-order chi connectivity index (χ1) is 7.74. The summed E-state index contributed by atoms with van der Waals surface area (Å²) in [7, 11) is 0. The van der Waals surface area contributed by atoms with Gasteiger partial charge in [0, 0.05) is 6.61 Å². The van der Waals surface area contributed by atoms with Gasteiger partial charge in [0.15, 0.2) is 5.82 Å². The Balaban J connectivity index is 2.05. The van der Waals surface area contributed by atoms with E-state index >= 15 is 0 Å². The van der Waals surface area contributed by atoms with Crippen molar-refractivity contribution in [3.63, 3.8) is 0 Å². The number of ether oxygens (including phenoxy) is 1. The first kappa shape index (κ1) is 11.5. The molecule has 0 spiro atoms. The van der Waals surface area contributed by atoms with Gasteiger partial charge in [-0.1, -0.05) is 5.16 Å².